The Kier molecular flexibility index (Phi) is 5.83. The standard InChI is InChI=1S/C23H26FN3O3S/c1-27-15-4-2-3-8-21(27)26-31(29,30)20-7-5-6-19(16-20)25-22(28)23(13-14-23)17-9-11-18(24)12-10-17/h5-7,9-12,16H,2-4,8,13-15H2,1H3,(H,25,28). The van der Waals surface area contributed by atoms with E-state index in [0.29, 0.717) is 30.8 Å². The van der Waals surface area contributed by atoms with Gasteiger partial charge in [-0.3, -0.25) is 4.79 Å². The number of benzene rings is 2. The number of nitrogens with one attached hydrogen (secondary N) is 1. The molecule has 0 unspecified atom stereocenters. The van der Waals surface area contributed by atoms with Gasteiger partial charge in [-0.2, -0.15) is 8.42 Å². The summed E-state index contributed by atoms with van der Waals surface area (Å²) in [5.74, 6) is 0.00227. The fourth-order valence-electron chi connectivity index (χ4n) is 3.96. The van der Waals surface area contributed by atoms with Gasteiger partial charge in [-0.25, -0.2) is 4.39 Å². The Morgan fingerprint density at radius 1 is 1.10 bits per heavy atom. The topological polar surface area (TPSA) is 78.8 Å². The summed E-state index contributed by atoms with van der Waals surface area (Å²) in [5.41, 5.74) is 0.471. The average molecular weight is 444 g/mol. The lowest BCUT2D eigenvalue weighted by atomic mass is 9.95. The maximum Gasteiger partial charge on any atom is 0.284 e. The van der Waals surface area contributed by atoms with Gasteiger partial charge in [-0.15, -0.1) is 4.40 Å². The summed E-state index contributed by atoms with van der Waals surface area (Å²) in [4.78, 5) is 14.9. The molecule has 1 N–H and O–H groups in total. The summed E-state index contributed by atoms with van der Waals surface area (Å²) in [6.07, 6.45) is 4.96. The second kappa shape index (κ2) is 8.42. The Balaban J connectivity index is 1.54. The first-order valence-electron chi connectivity index (χ1n) is 10.5. The van der Waals surface area contributed by atoms with Gasteiger partial charge in [0.05, 0.1) is 10.3 Å². The monoisotopic (exact) mass is 443 g/mol. The third-order valence-electron chi connectivity index (χ3n) is 6.03. The van der Waals surface area contributed by atoms with Gasteiger partial charge in [-0.05, 0) is 61.6 Å². The molecule has 0 atom stereocenters. The van der Waals surface area contributed by atoms with Gasteiger partial charge < -0.3 is 10.2 Å². The summed E-state index contributed by atoms with van der Waals surface area (Å²) in [7, 11) is -2.03. The number of sulfonamides is 1. The highest BCUT2D eigenvalue weighted by Crippen LogP contribution is 2.49. The minimum Gasteiger partial charge on any atom is -0.362 e. The molecular formula is C23H26FN3O3S. The van der Waals surface area contributed by atoms with E-state index in [1.165, 1.54) is 24.3 Å². The molecule has 0 bridgehead atoms. The fraction of sp³-hybridized carbons (Fsp3) is 0.391. The van der Waals surface area contributed by atoms with Crippen LogP contribution in [0.2, 0.25) is 0 Å². The van der Waals surface area contributed by atoms with Crippen LogP contribution in [0, 0.1) is 5.82 Å². The molecule has 2 aromatic rings. The zero-order valence-corrected chi connectivity index (χ0v) is 18.3. The molecule has 0 radical (unpaired) electrons. The molecular weight excluding hydrogens is 417 g/mol. The van der Waals surface area contributed by atoms with Gasteiger partial charge in [0, 0.05) is 25.7 Å². The maximum atomic E-state index is 13.2. The number of hydrogen-bond donors (Lipinski definition) is 1. The Morgan fingerprint density at radius 3 is 2.55 bits per heavy atom. The lowest BCUT2D eigenvalue weighted by Crippen LogP contribution is -2.28. The van der Waals surface area contributed by atoms with Crippen LogP contribution in [0.4, 0.5) is 10.1 Å². The molecule has 8 heteroatoms. The van der Waals surface area contributed by atoms with Crippen LogP contribution in [-0.4, -0.2) is 38.7 Å². The Labute approximate surface area is 182 Å². The fourth-order valence-corrected chi connectivity index (χ4v) is 5.10. The molecule has 2 aromatic carbocycles. The van der Waals surface area contributed by atoms with Gasteiger partial charge in [0.1, 0.15) is 11.7 Å². The van der Waals surface area contributed by atoms with Crippen LogP contribution in [0.1, 0.15) is 44.1 Å². The highest BCUT2D eigenvalue weighted by molar-refractivity contribution is 7.90. The van der Waals surface area contributed by atoms with E-state index in [-0.39, 0.29) is 16.6 Å². The van der Waals surface area contributed by atoms with Crippen LogP contribution in [0.15, 0.2) is 57.8 Å². The van der Waals surface area contributed by atoms with Gasteiger partial charge in [-0.1, -0.05) is 24.6 Å². The van der Waals surface area contributed by atoms with Crippen molar-refractivity contribution in [2.45, 2.75) is 48.8 Å². The summed E-state index contributed by atoms with van der Waals surface area (Å²) in [5, 5.41) is 2.84. The molecule has 1 heterocycles. The number of amidine groups is 1. The van der Waals surface area contributed by atoms with E-state index in [9.17, 15) is 17.6 Å². The zero-order chi connectivity index (χ0) is 22.1. The lowest BCUT2D eigenvalue weighted by Gasteiger charge is -2.18. The zero-order valence-electron chi connectivity index (χ0n) is 17.5. The van der Waals surface area contributed by atoms with E-state index in [0.717, 1.165) is 31.4 Å². The summed E-state index contributed by atoms with van der Waals surface area (Å²) >= 11 is 0. The van der Waals surface area contributed by atoms with E-state index in [1.54, 1.807) is 24.3 Å². The van der Waals surface area contributed by atoms with Gasteiger partial charge in [0.15, 0.2) is 0 Å². The van der Waals surface area contributed by atoms with Crippen molar-refractivity contribution in [3.63, 3.8) is 0 Å². The highest BCUT2D eigenvalue weighted by atomic mass is 32.2. The number of carbonyl (C=O) groups is 1. The van der Waals surface area contributed by atoms with Crippen LogP contribution >= 0.6 is 0 Å². The third kappa shape index (κ3) is 4.63. The number of carbonyl (C=O) groups excluding carboxylic acids is 1. The summed E-state index contributed by atoms with van der Waals surface area (Å²) < 4.78 is 43.1. The molecule has 2 aliphatic rings. The van der Waals surface area contributed by atoms with Crippen LogP contribution in [0.3, 0.4) is 0 Å². The normalized spacial score (nSPS) is 19.7. The maximum absolute atomic E-state index is 13.2. The van der Waals surface area contributed by atoms with E-state index < -0.39 is 15.4 Å². The predicted octanol–water partition coefficient (Wildman–Crippen LogP) is 4.09. The third-order valence-corrected chi connectivity index (χ3v) is 7.33. The first kappa shape index (κ1) is 21.5. The first-order chi connectivity index (χ1) is 14.8. The van der Waals surface area contributed by atoms with E-state index >= 15 is 0 Å². The van der Waals surface area contributed by atoms with Crippen molar-refractivity contribution < 1.29 is 17.6 Å². The summed E-state index contributed by atoms with van der Waals surface area (Å²) in [6, 6.07) is 12.1. The van der Waals surface area contributed by atoms with Gasteiger partial charge in [0.25, 0.3) is 10.0 Å². The Morgan fingerprint density at radius 2 is 1.84 bits per heavy atom. The van der Waals surface area contributed by atoms with Crippen molar-refractivity contribution in [2.75, 3.05) is 18.9 Å². The molecule has 1 aliphatic heterocycles. The van der Waals surface area contributed by atoms with Crippen molar-refractivity contribution in [2.24, 2.45) is 4.40 Å². The van der Waals surface area contributed by atoms with Crippen molar-refractivity contribution in [3.8, 4) is 0 Å². The molecule has 0 spiro atoms. The van der Waals surface area contributed by atoms with Crippen LogP contribution < -0.4 is 5.32 Å². The molecule has 1 saturated carbocycles. The van der Waals surface area contributed by atoms with Gasteiger partial charge in [0.2, 0.25) is 5.91 Å². The quantitative estimate of drug-likeness (QED) is 0.755. The molecule has 31 heavy (non-hydrogen) atoms. The van der Waals surface area contributed by atoms with Crippen molar-refractivity contribution in [3.05, 3.63) is 59.9 Å². The average Bonchev–Trinajstić information content (AvgIpc) is 3.56. The van der Waals surface area contributed by atoms with Crippen LogP contribution in [0.5, 0.6) is 0 Å². The number of hydrogen-bond acceptors (Lipinski definition) is 3. The predicted molar refractivity (Wildman–Crippen MR) is 118 cm³/mol. The highest BCUT2D eigenvalue weighted by Gasteiger charge is 2.51. The van der Waals surface area contributed by atoms with Crippen molar-refractivity contribution in [1.82, 2.24) is 4.90 Å². The number of anilines is 1. The lowest BCUT2D eigenvalue weighted by molar-refractivity contribution is -0.118. The number of nitrogens with zero attached hydrogens (tertiary/aromatic N) is 2. The molecule has 164 valence electrons. The molecule has 1 saturated heterocycles. The Hall–Kier alpha value is -2.74. The molecule has 4 rings (SSSR count). The van der Waals surface area contributed by atoms with Gasteiger partial charge >= 0.3 is 0 Å². The second-order valence-corrected chi connectivity index (χ2v) is 9.89. The van der Waals surface area contributed by atoms with Crippen LogP contribution in [0.25, 0.3) is 0 Å². The second-order valence-electron chi connectivity index (χ2n) is 8.29. The number of rotatable bonds is 5. The molecule has 6 nitrogen and oxygen atoms in total. The summed E-state index contributed by atoms with van der Waals surface area (Å²) in [6.45, 7) is 0.788. The number of halogens is 1. The molecule has 1 aliphatic carbocycles. The van der Waals surface area contributed by atoms with Crippen LogP contribution in [-0.2, 0) is 20.2 Å². The SMILES string of the molecule is CN1CCCCCC1=NS(=O)(=O)c1cccc(NC(=O)C2(c3ccc(F)cc3)CC2)c1. The molecule has 1 amide bonds. The van der Waals surface area contributed by atoms with E-state index in [2.05, 4.69) is 9.71 Å². The van der Waals surface area contributed by atoms with Crippen molar-refractivity contribution >= 4 is 27.5 Å². The minimum absolute atomic E-state index is 0.0436. The largest absolute Gasteiger partial charge is 0.362 e. The molecule has 0 aromatic heterocycles. The van der Waals surface area contributed by atoms with E-state index in [1.807, 2.05) is 11.9 Å². The number of amides is 1. The molecule has 2 fully saturated rings. The van der Waals surface area contributed by atoms with E-state index in [4.69, 9.17) is 0 Å². The first-order valence-corrected chi connectivity index (χ1v) is 12.0. The van der Waals surface area contributed by atoms with Crippen molar-refractivity contribution in [1.29, 1.82) is 0 Å². The Bertz CT molecular complexity index is 1110. The number of likely N-dealkylation sites (tertiary alicyclic amines) is 1. The minimum atomic E-state index is -3.89. The smallest absolute Gasteiger partial charge is 0.284 e.